The van der Waals surface area contributed by atoms with Crippen LogP contribution in [0.3, 0.4) is 0 Å². The lowest BCUT2D eigenvalue weighted by atomic mass is 10.1. The molecule has 1 aliphatic heterocycles. The predicted octanol–water partition coefficient (Wildman–Crippen LogP) is 3.88. The Morgan fingerprint density at radius 3 is 2.29 bits per heavy atom. The number of hydrogen-bond donors (Lipinski definition) is 1. The van der Waals surface area contributed by atoms with E-state index in [1.165, 1.54) is 12.1 Å². The van der Waals surface area contributed by atoms with E-state index in [2.05, 4.69) is 17.2 Å². The number of piperazine rings is 1. The van der Waals surface area contributed by atoms with Gasteiger partial charge >= 0.3 is 12.2 Å². The van der Waals surface area contributed by atoms with E-state index in [4.69, 9.17) is 11.6 Å². The van der Waals surface area contributed by atoms with Crippen molar-refractivity contribution in [2.45, 2.75) is 6.18 Å². The molecule has 1 heterocycles. The molecule has 0 atom stereocenters. The van der Waals surface area contributed by atoms with Gasteiger partial charge in [-0.3, -0.25) is 4.79 Å². The second-order valence-corrected chi connectivity index (χ2v) is 7.26. The summed E-state index contributed by atoms with van der Waals surface area (Å²) in [6.07, 6.45) is -4.43. The lowest BCUT2D eigenvalue weighted by Crippen LogP contribution is -2.53. The second-order valence-electron chi connectivity index (χ2n) is 6.83. The summed E-state index contributed by atoms with van der Waals surface area (Å²) in [4.78, 5) is 28.0. The summed E-state index contributed by atoms with van der Waals surface area (Å²) < 4.78 is 38.2. The van der Waals surface area contributed by atoms with Crippen molar-refractivity contribution in [3.8, 4) is 11.8 Å². The molecule has 2 aromatic carbocycles. The first kappa shape index (κ1) is 22.5. The zero-order valence-corrected chi connectivity index (χ0v) is 17.1. The van der Waals surface area contributed by atoms with Crippen LogP contribution in [0.25, 0.3) is 0 Å². The number of benzene rings is 2. The van der Waals surface area contributed by atoms with Crippen LogP contribution in [0.4, 0.5) is 18.0 Å². The van der Waals surface area contributed by atoms with Crippen molar-refractivity contribution in [3.63, 3.8) is 0 Å². The van der Waals surface area contributed by atoms with E-state index in [0.717, 1.165) is 12.1 Å². The van der Waals surface area contributed by atoms with Gasteiger partial charge in [-0.15, -0.1) is 0 Å². The SMILES string of the molecule is O=C(NCC#Cc1cccc(C(F)(F)F)c1)N1CCN(C(=O)c2ccc(Cl)cc2)CC1. The highest BCUT2D eigenvalue weighted by Gasteiger charge is 2.30. The number of hydrogen-bond acceptors (Lipinski definition) is 2. The minimum absolute atomic E-state index is 0.000994. The maximum Gasteiger partial charge on any atom is 0.416 e. The Hall–Kier alpha value is -3.18. The van der Waals surface area contributed by atoms with E-state index in [1.54, 1.807) is 34.1 Å². The number of amides is 3. The zero-order valence-electron chi connectivity index (χ0n) is 16.4. The lowest BCUT2D eigenvalue weighted by Gasteiger charge is -2.34. The monoisotopic (exact) mass is 449 g/mol. The van der Waals surface area contributed by atoms with Gasteiger partial charge in [0.15, 0.2) is 0 Å². The third-order valence-corrected chi connectivity index (χ3v) is 4.95. The third kappa shape index (κ3) is 6.15. The average Bonchev–Trinajstić information content (AvgIpc) is 2.76. The number of halogens is 4. The first-order chi connectivity index (χ1) is 14.7. The predicted molar refractivity (Wildman–Crippen MR) is 111 cm³/mol. The molecule has 0 aliphatic carbocycles. The fraction of sp³-hybridized carbons (Fsp3) is 0.273. The number of carbonyl (C=O) groups excluding carboxylic acids is 2. The molecule has 5 nitrogen and oxygen atoms in total. The van der Waals surface area contributed by atoms with Crippen LogP contribution in [-0.4, -0.2) is 54.5 Å². The molecule has 0 unspecified atom stereocenters. The summed E-state index contributed by atoms with van der Waals surface area (Å²) in [5.41, 5.74) is -0.0140. The smallest absolute Gasteiger partial charge is 0.335 e. The van der Waals surface area contributed by atoms with Crippen molar-refractivity contribution < 1.29 is 22.8 Å². The largest absolute Gasteiger partial charge is 0.416 e. The molecule has 2 aromatic rings. The van der Waals surface area contributed by atoms with E-state index in [9.17, 15) is 22.8 Å². The highest BCUT2D eigenvalue weighted by Crippen LogP contribution is 2.29. The molecule has 0 spiro atoms. The van der Waals surface area contributed by atoms with Gasteiger partial charge in [-0.05, 0) is 42.5 Å². The van der Waals surface area contributed by atoms with Crippen LogP contribution >= 0.6 is 11.6 Å². The Labute approximate surface area is 182 Å². The molecule has 3 amide bonds. The maximum atomic E-state index is 12.7. The molecule has 1 N–H and O–H groups in total. The van der Waals surface area contributed by atoms with Gasteiger partial charge in [0.05, 0.1) is 12.1 Å². The van der Waals surface area contributed by atoms with Crippen LogP contribution in [-0.2, 0) is 6.18 Å². The number of carbonyl (C=O) groups is 2. The Bertz CT molecular complexity index is 1010. The molecule has 0 saturated carbocycles. The van der Waals surface area contributed by atoms with Crippen molar-refractivity contribution in [1.29, 1.82) is 0 Å². The first-order valence-corrected chi connectivity index (χ1v) is 9.85. The van der Waals surface area contributed by atoms with E-state index in [0.29, 0.717) is 36.8 Å². The van der Waals surface area contributed by atoms with Crippen LogP contribution in [0.15, 0.2) is 48.5 Å². The van der Waals surface area contributed by atoms with Gasteiger partial charge in [0.1, 0.15) is 0 Å². The quantitative estimate of drug-likeness (QED) is 0.707. The molecule has 0 aromatic heterocycles. The normalized spacial score (nSPS) is 13.9. The second kappa shape index (κ2) is 9.75. The number of rotatable bonds is 2. The summed E-state index contributed by atoms with van der Waals surface area (Å²) in [6.45, 7) is 1.52. The zero-order chi connectivity index (χ0) is 22.4. The Kier molecular flexibility index (Phi) is 7.08. The van der Waals surface area contributed by atoms with Gasteiger partial charge in [0.2, 0.25) is 0 Å². The molecule has 9 heteroatoms. The molecule has 3 rings (SSSR count). The standard InChI is InChI=1S/C22H19ClF3N3O2/c23-19-8-6-17(7-9-19)20(30)28-11-13-29(14-12-28)21(31)27-10-2-4-16-3-1-5-18(15-16)22(24,25)26/h1,3,5-9,15H,10-14H2,(H,27,31). The van der Waals surface area contributed by atoms with Crippen molar-refractivity contribution in [1.82, 2.24) is 15.1 Å². The van der Waals surface area contributed by atoms with Crippen LogP contribution in [0, 0.1) is 11.8 Å². The fourth-order valence-electron chi connectivity index (χ4n) is 3.04. The van der Waals surface area contributed by atoms with E-state index >= 15 is 0 Å². The van der Waals surface area contributed by atoms with E-state index in [1.807, 2.05) is 0 Å². The first-order valence-electron chi connectivity index (χ1n) is 9.48. The van der Waals surface area contributed by atoms with Crippen LogP contribution in [0.5, 0.6) is 0 Å². The Morgan fingerprint density at radius 1 is 1.00 bits per heavy atom. The molecular weight excluding hydrogens is 431 g/mol. The molecule has 0 bridgehead atoms. The topological polar surface area (TPSA) is 52.7 Å². The molecule has 1 saturated heterocycles. The molecule has 31 heavy (non-hydrogen) atoms. The molecule has 1 aliphatic rings. The van der Waals surface area contributed by atoms with Gasteiger partial charge in [0, 0.05) is 42.3 Å². The van der Waals surface area contributed by atoms with Gasteiger partial charge in [-0.2, -0.15) is 13.2 Å². The molecule has 162 valence electrons. The van der Waals surface area contributed by atoms with Gasteiger partial charge in [0.25, 0.3) is 5.91 Å². The summed E-state index contributed by atoms with van der Waals surface area (Å²) >= 11 is 5.84. The highest BCUT2D eigenvalue weighted by atomic mass is 35.5. The van der Waals surface area contributed by atoms with Crippen molar-refractivity contribution in [2.24, 2.45) is 0 Å². The average molecular weight is 450 g/mol. The number of nitrogens with zero attached hydrogens (tertiary/aromatic N) is 2. The van der Waals surface area contributed by atoms with Crippen molar-refractivity contribution >= 4 is 23.5 Å². The van der Waals surface area contributed by atoms with Crippen LogP contribution in [0.2, 0.25) is 5.02 Å². The number of nitrogens with one attached hydrogen (secondary N) is 1. The summed E-state index contributed by atoms with van der Waals surface area (Å²) in [5, 5.41) is 3.17. The maximum absolute atomic E-state index is 12.7. The Morgan fingerprint density at radius 2 is 1.65 bits per heavy atom. The van der Waals surface area contributed by atoms with Crippen LogP contribution < -0.4 is 5.32 Å². The molecule has 0 radical (unpaired) electrons. The van der Waals surface area contributed by atoms with Gasteiger partial charge < -0.3 is 15.1 Å². The molecular formula is C22H19ClF3N3O2. The number of urea groups is 1. The fourth-order valence-corrected chi connectivity index (χ4v) is 3.16. The number of alkyl halides is 3. The van der Waals surface area contributed by atoms with E-state index in [-0.39, 0.29) is 24.0 Å². The molecule has 1 fully saturated rings. The summed E-state index contributed by atoms with van der Waals surface area (Å²) in [6, 6.07) is 11.0. The van der Waals surface area contributed by atoms with Crippen molar-refractivity contribution in [3.05, 3.63) is 70.2 Å². The summed E-state index contributed by atoms with van der Waals surface area (Å²) in [7, 11) is 0. The van der Waals surface area contributed by atoms with Crippen molar-refractivity contribution in [2.75, 3.05) is 32.7 Å². The minimum Gasteiger partial charge on any atom is -0.335 e. The van der Waals surface area contributed by atoms with Gasteiger partial charge in [-0.1, -0.05) is 29.5 Å². The lowest BCUT2D eigenvalue weighted by molar-refractivity contribution is -0.137. The van der Waals surface area contributed by atoms with Gasteiger partial charge in [-0.25, -0.2) is 4.79 Å². The third-order valence-electron chi connectivity index (χ3n) is 4.70. The van der Waals surface area contributed by atoms with Crippen LogP contribution in [0.1, 0.15) is 21.5 Å². The highest BCUT2D eigenvalue weighted by molar-refractivity contribution is 6.30. The Balaban J connectivity index is 1.46. The minimum atomic E-state index is -4.43. The van der Waals surface area contributed by atoms with E-state index < -0.39 is 11.7 Å². The summed E-state index contributed by atoms with van der Waals surface area (Å²) in [5.74, 6) is 5.14.